The Balaban J connectivity index is 2.82. The Morgan fingerprint density at radius 3 is 2.07 bits per heavy atom. The molecule has 0 amide bonds. The van der Waals surface area contributed by atoms with Gasteiger partial charge in [0.1, 0.15) is 11.4 Å². The molecule has 0 heterocycles. The molecule has 0 saturated heterocycles. The monoisotopic (exact) mass is 205 g/mol. The number of hydrogen-bond donors (Lipinski definition) is 0. The highest BCUT2D eigenvalue weighted by Crippen LogP contribution is 2.18. The van der Waals surface area contributed by atoms with E-state index >= 15 is 0 Å². The summed E-state index contributed by atoms with van der Waals surface area (Å²) in [5.41, 5.74) is 2.03. The van der Waals surface area contributed by atoms with Crippen LogP contribution in [0.4, 0.5) is 0 Å². The molecule has 2 nitrogen and oxygen atoms in total. The van der Waals surface area contributed by atoms with Gasteiger partial charge in [0, 0.05) is 12.8 Å². The number of hydrogen-bond acceptors (Lipinski definition) is 2. The number of aliphatic imine (C=N–C) groups is 1. The van der Waals surface area contributed by atoms with Gasteiger partial charge in [-0.05, 0) is 57.5 Å². The van der Waals surface area contributed by atoms with Crippen LogP contribution >= 0.6 is 0 Å². The van der Waals surface area contributed by atoms with Crippen molar-refractivity contribution < 1.29 is 4.74 Å². The van der Waals surface area contributed by atoms with Crippen LogP contribution in [0.5, 0.6) is 5.75 Å². The number of rotatable bonds is 2. The van der Waals surface area contributed by atoms with Crippen molar-refractivity contribution in [2.75, 3.05) is 7.05 Å². The van der Waals surface area contributed by atoms with E-state index in [0.29, 0.717) is 0 Å². The van der Waals surface area contributed by atoms with Crippen LogP contribution in [-0.4, -0.2) is 18.4 Å². The molecule has 0 aliphatic heterocycles. The lowest BCUT2D eigenvalue weighted by molar-refractivity contribution is 0.131. The van der Waals surface area contributed by atoms with Crippen LogP contribution in [0.2, 0.25) is 0 Å². The Labute approximate surface area is 92.0 Å². The van der Waals surface area contributed by atoms with E-state index in [0.717, 1.165) is 17.0 Å². The van der Waals surface area contributed by atoms with Gasteiger partial charge in [-0.15, -0.1) is 0 Å². The summed E-state index contributed by atoms with van der Waals surface area (Å²) < 4.78 is 5.73. The Morgan fingerprint density at radius 2 is 1.67 bits per heavy atom. The van der Waals surface area contributed by atoms with E-state index in [-0.39, 0.29) is 5.60 Å². The van der Waals surface area contributed by atoms with E-state index in [1.165, 1.54) is 0 Å². The van der Waals surface area contributed by atoms with Gasteiger partial charge in [-0.1, -0.05) is 0 Å². The van der Waals surface area contributed by atoms with Crippen LogP contribution in [0.25, 0.3) is 0 Å². The molecule has 0 fully saturated rings. The second-order valence-corrected chi connectivity index (χ2v) is 4.55. The quantitative estimate of drug-likeness (QED) is 0.679. The fourth-order valence-electron chi connectivity index (χ4n) is 1.25. The largest absolute Gasteiger partial charge is 0.488 e. The molecule has 0 radical (unpaired) electrons. The Bertz CT molecular complexity index is 344. The fraction of sp³-hybridized carbons (Fsp3) is 0.462. The molecule has 0 spiro atoms. The normalized spacial score (nSPS) is 12.7. The third-order valence-corrected chi connectivity index (χ3v) is 2.03. The molecule has 0 unspecified atom stereocenters. The van der Waals surface area contributed by atoms with E-state index in [1.807, 2.05) is 52.0 Å². The maximum atomic E-state index is 5.73. The van der Waals surface area contributed by atoms with Crippen molar-refractivity contribution >= 4 is 5.71 Å². The Hall–Kier alpha value is -1.31. The SMILES string of the molecule is CN=C(C)c1ccc(OC(C)(C)C)cc1. The molecule has 0 saturated carbocycles. The summed E-state index contributed by atoms with van der Waals surface area (Å²) in [7, 11) is 1.80. The van der Waals surface area contributed by atoms with Crippen molar-refractivity contribution in [2.45, 2.75) is 33.3 Å². The van der Waals surface area contributed by atoms with Gasteiger partial charge in [-0.25, -0.2) is 0 Å². The van der Waals surface area contributed by atoms with Gasteiger partial charge in [0.25, 0.3) is 0 Å². The van der Waals surface area contributed by atoms with Gasteiger partial charge >= 0.3 is 0 Å². The minimum Gasteiger partial charge on any atom is -0.488 e. The third-order valence-electron chi connectivity index (χ3n) is 2.03. The van der Waals surface area contributed by atoms with E-state index in [2.05, 4.69) is 4.99 Å². The molecule has 0 aliphatic rings. The van der Waals surface area contributed by atoms with Crippen LogP contribution < -0.4 is 4.74 Å². The average Bonchev–Trinajstić information content (AvgIpc) is 2.15. The first-order valence-corrected chi connectivity index (χ1v) is 5.15. The number of ether oxygens (including phenoxy) is 1. The Kier molecular flexibility index (Phi) is 3.51. The summed E-state index contributed by atoms with van der Waals surface area (Å²) in [5.74, 6) is 0.898. The molecule has 82 valence electrons. The molecule has 0 bridgehead atoms. The highest BCUT2D eigenvalue weighted by Gasteiger charge is 2.11. The molecule has 1 aromatic carbocycles. The van der Waals surface area contributed by atoms with E-state index in [1.54, 1.807) is 7.05 Å². The van der Waals surface area contributed by atoms with Gasteiger partial charge in [0.2, 0.25) is 0 Å². The van der Waals surface area contributed by atoms with Crippen LogP contribution in [0.15, 0.2) is 29.3 Å². The standard InChI is InChI=1S/C13H19NO/c1-10(14-5)11-6-8-12(9-7-11)15-13(2,3)4/h6-9H,1-5H3. The zero-order chi connectivity index (χ0) is 11.5. The average molecular weight is 205 g/mol. The lowest BCUT2D eigenvalue weighted by Gasteiger charge is -2.21. The molecule has 2 heteroatoms. The van der Waals surface area contributed by atoms with Gasteiger partial charge in [0.05, 0.1) is 0 Å². The van der Waals surface area contributed by atoms with Gasteiger partial charge in [-0.2, -0.15) is 0 Å². The third kappa shape index (κ3) is 3.74. The van der Waals surface area contributed by atoms with E-state index < -0.39 is 0 Å². The molecule has 0 atom stereocenters. The lowest BCUT2D eigenvalue weighted by Crippen LogP contribution is -2.22. The first-order valence-electron chi connectivity index (χ1n) is 5.15. The summed E-state index contributed by atoms with van der Waals surface area (Å²) in [5, 5.41) is 0. The van der Waals surface area contributed by atoms with Gasteiger partial charge in [0.15, 0.2) is 0 Å². The van der Waals surface area contributed by atoms with E-state index in [4.69, 9.17) is 4.74 Å². The molecule has 1 aromatic rings. The Morgan fingerprint density at radius 1 is 1.13 bits per heavy atom. The summed E-state index contributed by atoms with van der Waals surface area (Å²) in [6.07, 6.45) is 0. The first-order chi connectivity index (χ1) is 6.92. The van der Waals surface area contributed by atoms with E-state index in [9.17, 15) is 0 Å². The zero-order valence-electron chi connectivity index (χ0n) is 10.2. The minimum atomic E-state index is -0.143. The molecular weight excluding hydrogens is 186 g/mol. The second-order valence-electron chi connectivity index (χ2n) is 4.55. The summed E-state index contributed by atoms with van der Waals surface area (Å²) >= 11 is 0. The number of benzene rings is 1. The summed E-state index contributed by atoms with van der Waals surface area (Å²) in [6.45, 7) is 8.12. The van der Waals surface area contributed by atoms with Crippen LogP contribution in [0.3, 0.4) is 0 Å². The maximum absolute atomic E-state index is 5.73. The molecule has 0 aliphatic carbocycles. The summed E-state index contributed by atoms with van der Waals surface area (Å²) in [4.78, 5) is 4.14. The summed E-state index contributed by atoms with van der Waals surface area (Å²) in [6, 6.07) is 8.03. The van der Waals surface area contributed by atoms with Crippen molar-refractivity contribution in [1.29, 1.82) is 0 Å². The van der Waals surface area contributed by atoms with Crippen LogP contribution in [0.1, 0.15) is 33.3 Å². The minimum absolute atomic E-state index is 0.143. The van der Waals surface area contributed by atoms with Crippen LogP contribution in [0, 0.1) is 0 Å². The van der Waals surface area contributed by atoms with Gasteiger partial charge in [-0.3, -0.25) is 4.99 Å². The second kappa shape index (κ2) is 4.47. The molecule has 15 heavy (non-hydrogen) atoms. The zero-order valence-corrected chi connectivity index (χ0v) is 10.2. The van der Waals surface area contributed by atoms with Crippen molar-refractivity contribution in [1.82, 2.24) is 0 Å². The lowest BCUT2D eigenvalue weighted by atomic mass is 10.1. The molecule has 1 rings (SSSR count). The van der Waals surface area contributed by atoms with Crippen molar-refractivity contribution in [3.05, 3.63) is 29.8 Å². The fourth-order valence-corrected chi connectivity index (χ4v) is 1.25. The molecular formula is C13H19NO. The molecule has 0 N–H and O–H groups in total. The highest BCUT2D eigenvalue weighted by molar-refractivity contribution is 5.98. The predicted molar refractivity (Wildman–Crippen MR) is 65.0 cm³/mol. The highest BCUT2D eigenvalue weighted by atomic mass is 16.5. The van der Waals surface area contributed by atoms with Crippen LogP contribution in [-0.2, 0) is 0 Å². The predicted octanol–water partition coefficient (Wildman–Crippen LogP) is 3.30. The smallest absolute Gasteiger partial charge is 0.120 e. The van der Waals surface area contributed by atoms with Crippen molar-refractivity contribution in [2.24, 2.45) is 4.99 Å². The first kappa shape index (κ1) is 11.8. The topological polar surface area (TPSA) is 21.6 Å². The van der Waals surface area contributed by atoms with Crippen molar-refractivity contribution in [3.63, 3.8) is 0 Å². The van der Waals surface area contributed by atoms with Crippen molar-refractivity contribution in [3.8, 4) is 5.75 Å². The van der Waals surface area contributed by atoms with Gasteiger partial charge < -0.3 is 4.74 Å². The maximum Gasteiger partial charge on any atom is 0.120 e. The number of nitrogens with zero attached hydrogens (tertiary/aromatic N) is 1. The molecule has 0 aromatic heterocycles.